The van der Waals surface area contributed by atoms with E-state index in [1.807, 2.05) is 0 Å². The summed E-state index contributed by atoms with van der Waals surface area (Å²) in [6.45, 7) is 2.12. The summed E-state index contributed by atoms with van der Waals surface area (Å²) in [5, 5.41) is 0.129. The van der Waals surface area contributed by atoms with E-state index in [1.54, 1.807) is 9.80 Å². The summed E-state index contributed by atoms with van der Waals surface area (Å²) in [6.07, 6.45) is -0.785. The van der Waals surface area contributed by atoms with E-state index >= 15 is 0 Å². The molecule has 2 aliphatic rings. The molecule has 2 heterocycles. The van der Waals surface area contributed by atoms with Crippen LogP contribution in [0.1, 0.15) is 24.0 Å². The first-order valence-electron chi connectivity index (χ1n) is 9.00. The van der Waals surface area contributed by atoms with E-state index in [4.69, 9.17) is 16.3 Å². The Hall–Kier alpha value is -2.06. The van der Waals surface area contributed by atoms with Gasteiger partial charge in [-0.1, -0.05) is 11.6 Å². The highest BCUT2D eigenvalue weighted by molar-refractivity contribution is 6.32. The van der Waals surface area contributed by atoms with E-state index in [1.165, 1.54) is 12.2 Å². The van der Waals surface area contributed by atoms with E-state index in [0.717, 1.165) is 31.0 Å². The predicted molar refractivity (Wildman–Crippen MR) is 97.6 cm³/mol. The van der Waals surface area contributed by atoms with Gasteiger partial charge in [0.15, 0.2) is 0 Å². The van der Waals surface area contributed by atoms with E-state index in [0.29, 0.717) is 32.8 Å². The molecular weight excluding hydrogens is 397 g/mol. The molecule has 2 saturated heterocycles. The van der Waals surface area contributed by atoms with Crippen LogP contribution in [0.3, 0.4) is 0 Å². The number of amides is 2. The van der Waals surface area contributed by atoms with Crippen LogP contribution >= 0.6 is 11.6 Å². The lowest BCUT2D eigenvalue weighted by Crippen LogP contribution is -2.52. The van der Waals surface area contributed by atoms with Crippen LogP contribution < -0.4 is 0 Å². The van der Waals surface area contributed by atoms with Crippen molar-refractivity contribution < 1.29 is 27.5 Å². The second-order valence-electron chi connectivity index (χ2n) is 6.72. The number of piperazine rings is 1. The number of ether oxygens (including phenoxy) is 1. The van der Waals surface area contributed by atoms with Crippen molar-refractivity contribution in [1.29, 1.82) is 0 Å². The van der Waals surface area contributed by atoms with Gasteiger partial charge in [0.05, 0.1) is 5.56 Å². The molecule has 0 bridgehead atoms. The normalized spacial score (nSPS) is 20.8. The van der Waals surface area contributed by atoms with Gasteiger partial charge >= 0.3 is 6.18 Å². The molecule has 0 aromatic heterocycles. The molecule has 2 fully saturated rings. The fourth-order valence-electron chi connectivity index (χ4n) is 3.24. The minimum absolute atomic E-state index is 0.0455. The molecule has 0 radical (unpaired) electrons. The Labute approximate surface area is 165 Å². The number of carbonyl (C=O) groups is 2. The first kappa shape index (κ1) is 20.7. The topological polar surface area (TPSA) is 49.9 Å². The Morgan fingerprint density at radius 3 is 2.43 bits per heavy atom. The maximum atomic E-state index is 12.8. The monoisotopic (exact) mass is 416 g/mol. The van der Waals surface area contributed by atoms with Crippen molar-refractivity contribution in [3.8, 4) is 0 Å². The molecule has 9 heteroatoms. The quantitative estimate of drug-likeness (QED) is 0.711. The number of carbonyl (C=O) groups excluding carboxylic acids is 2. The molecule has 1 aromatic carbocycles. The lowest BCUT2D eigenvalue weighted by atomic mass is 10.1. The van der Waals surface area contributed by atoms with Crippen molar-refractivity contribution in [3.05, 3.63) is 40.4 Å². The Bertz CT molecular complexity index is 768. The van der Waals surface area contributed by atoms with E-state index < -0.39 is 11.7 Å². The van der Waals surface area contributed by atoms with Gasteiger partial charge in [0.1, 0.15) is 6.10 Å². The Morgan fingerprint density at radius 1 is 1.14 bits per heavy atom. The standard InChI is InChI=1S/C19H20ClF3N2O3/c20-15-5-4-14(19(21,22)23)12-13(15)3-6-17(26)24-7-9-25(10-8-24)18(27)16-2-1-11-28-16/h3-6,12,16H,1-2,7-11H2/b6-3+. The average Bonchev–Trinajstić information content (AvgIpc) is 3.20. The van der Waals surface area contributed by atoms with Crippen LogP contribution in [-0.2, 0) is 20.5 Å². The molecule has 1 atom stereocenters. The van der Waals surface area contributed by atoms with Gasteiger partial charge in [0, 0.05) is 43.9 Å². The van der Waals surface area contributed by atoms with E-state index in [9.17, 15) is 22.8 Å². The summed E-state index contributed by atoms with van der Waals surface area (Å²) < 4.78 is 43.9. The number of halogens is 4. The second-order valence-corrected chi connectivity index (χ2v) is 7.13. The fourth-order valence-corrected chi connectivity index (χ4v) is 3.42. The highest BCUT2D eigenvalue weighted by atomic mass is 35.5. The Morgan fingerprint density at radius 2 is 1.82 bits per heavy atom. The minimum atomic E-state index is -4.48. The van der Waals surface area contributed by atoms with Crippen molar-refractivity contribution >= 4 is 29.5 Å². The zero-order valence-corrected chi connectivity index (χ0v) is 15.8. The van der Waals surface area contributed by atoms with Crippen molar-refractivity contribution in [3.63, 3.8) is 0 Å². The van der Waals surface area contributed by atoms with Crippen LogP contribution in [0.2, 0.25) is 5.02 Å². The zero-order chi connectivity index (χ0) is 20.3. The van der Waals surface area contributed by atoms with E-state index in [-0.39, 0.29) is 28.5 Å². The molecule has 0 saturated carbocycles. The number of alkyl halides is 3. The van der Waals surface area contributed by atoms with Gasteiger partial charge in [-0.2, -0.15) is 13.2 Å². The van der Waals surface area contributed by atoms with Gasteiger partial charge in [-0.3, -0.25) is 9.59 Å². The average molecular weight is 417 g/mol. The zero-order valence-electron chi connectivity index (χ0n) is 15.0. The van der Waals surface area contributed by atoms with Crippen LogP contribution in [0.5, 0.6) is 0 Å². The van der Waals surface area contributed by atoms with Crippen LogP contribution in [0.15, 0.2) is 24.3 Å². The molecule has 0 spiro atoms. The predicted octanol–water partition coefficient (Wildman–Crippen LogP) is 3.22. The van der Waals surface area contributed by atoms with Gasteiger partial charge in [-0.15, -0.1) is 0 Å². The number of benzene rings is 1. The first-order chi connectivity index (χ1) is 13.3. The number of rotatable bonds is 3. The maximum absolute atomic E-state index is 12.8. The molecule has 3 rings (SSSR count). The number of hydrogen-bond donors (Lipinski definition) is 0. The van der Waals surface area contributed by atoms with Crippen molar-refractivity contribution in [2.24, 2.45) is 0 Å². The molecule has 152 valence electrons. The largest absolute Gasteiger partial charge is 0.416 e. The molecule has 2 amide bonds. The Kier molecular flexibility index (Phi) is 6.30. The smallest absolute Gasteiger partial charge is 0.368 e. The third-order valence-electron chi connectivity index (χ3n) is 4.84. The molecule has 2 aliphatic heterocycles. The first-order valence-corrected chi connectivity index (χ1v) is 9.37. The van der Waals surface area contributed by atoms with Gasteiger partial charge in [0.2, 0.25) is 5.91 Å². The van der Waals surface area contributed by atoms with Gasteiger partial charge in [-0.05, 0) is 42.7 Å². The summed E-state index contributed by atoms with van der Waals surface area (Å²) in [4.78, 5) is 27.9. The van der Waals surface area contributed by atoms with E-state index in [2.05, 4.69) is 0 Å². The third kappa shape index (κ3) is 4.86. The van der Waals surface area contributed by atoms with Crippen LogP contribution in [-0.4, -0.2) is 60.5 Å². The van der Waals surface area contributed by atoms with Crippen LogP contribution in [0, 0.1) is 0 Å². The summed E-state index contributed by atoms with van der Waals surface area (Å²) in [5.41, 5.74) is -0.706. The number of hydrogen-bond acceptors (Lipinski definition) is 3. The molecular formula is C19H20ClF3N2O3. The van der Waals surface area contributed by atoms with Crippen molar-refractivity contribution in [2.75, 3.05) is 32.8 Å². The number of nitrogens with zero attached hydrogens (tertiary/aromatic N) is 2. The maximum Gasteiger partial charge on any atom is 0.416 e. The SMILES string of the molecule is O=C(/C=C/c1cc(C(F)(F)F)ccc1Cl)N1CCN(C(=O)C2CCCO2)CC1. The van der Waals surface area contributed by atoms with Crippen molar-refractivity contribution in [1.82, 2.24) is 9.80 Å². The minimum Gasteiger partial charge on any atom is -0.368 e. The summed E-state index contributed by atoms with van der Waals surface area (Å²) in [6, 6.07) is 2.96. The van der Waals surface area contributed by atoms with Gasteiger partial charge < -0.3 is 14.5 Å². The fraction of sp³-hybridized carbons (Fsp3) is 0.474. The van der Waals surface area contributed by atoms with Crippen LogP contribution in [0.25, 0.3) is 6.08 Å². The molecule has 1 unspecified atom stereocenters. The molecule has 5 nitrogen and oxygen atoms in total. The lowest BCUT2D eigenvalue weighted by Gasteiger charge is -2.35. The Balaban J connectivity index is 1.58. The summed E-state index contributed by atoms with van der Waals surface area (Å²) in [5.74, 6) is -0.381. The molecule has 1 aromatic rings. The summed E-state index contributed by atoms with van der Waals surface area (Å²) >= 11 is 5.93. The highest BCUT2D eigenvalue weighted by Crippen LogP contribution is 2.32. The highest BCUT2D eigenvalue weighted by Gasteiger charge is 2.32. The van der Waals surface area contributed by atoms with Gasteiger partial charge in [0.25, 0.3) is 5.91 Å². The van der Waals surface area contributed by atoms with Gasteiger partial charge in [-0.25, -0.2) is 0 Å². The summed E-state index contributed by atoms with van der Waals surface area (Å²) in [7, 11) is 0. The lowest BCUT2D eigenvalue weighted by molar-refractivity contribution is -0.144. The second kappa shape index (κ2) is 8.53. The van der Waals surface area contributed by atoms with Crippen molar-refractivity contribution in [2.45, 2.75) is 25.1 Å². The molecule has 0 aliphatic carbocycles. The molecule has 0 N–H and O–H groups in total. The third-order valence-corrected chi connectivity index (χ3v) is 5.18. The van der Waals surface area contributed by atoms with Crippen LogP contribution in [0.4, 0.5) is 13.2 Å². The molecule has 28 heavy (non-hydrogen) atoms.